The number of nitrogens with one attached hydrogen (secondary N) is 2. The van der Waals surface area contributed by atoms with Crippen LogP contribution in [0.2, 0.25) is 10.0 Å². The van der Waals surface area contributed by atoms with Gasteiger partial charge in [0.05, 0.1) is 33.4 Å². The summed E-state index contributed by atoms with van der Waals surface area (Å²) in [5, 5.41) is 3.94. The van der Waals surface area contributed by atoms with Crippen LogP contribution >= 0.6 is 23.2 Å². The van der Waals surface area contributed by atoms with Gasteiger partial charge in [0.1, 0.15) is 5.82 Å². The lowest BCUT2D eigenvalue weighted by Crippen LogP contribution is -2.14. The fourth-order valence-corrected chi connectivity index (χ4v) is 2.64. The molecule has 0 aliphatic carbocycles. The number of para-hydroxylation sites is 1. The summed E-state index contributed by atoms with van der Waals surface area (Å²) in [7, 11) is -3.31. The van der Waals surface area contributed by atoms with Gasteiger partial charge in [-0.25, -0.2) is 13.4 Å². The van der Waals surface area contributed by atoms with Crippen molar-refractivity contribution in [3.05, 3.63) is 46.6 Å². The van der Waals surface area contributed by atoms with Crippen LogP contribution in [-0.4, -0.2) is 19.2 Å². The van der Waals surface area contributed by atoms with Gasteiger partial charge in [-0.3, -0.25) is 4.72 Å². The molecule has 1 aromatic heterocycles. The standard InChI is InChI=1S/C13H13Cl2N3O2S/c1-2-21(19,20)18-9-6-7-12(16-8-9)17-13-10(14)4-3-5-11(13)15/h3-8,18H,2H2,1H3,(H,16,17). The molecule has 5 nitrogen and oxygen atoms in total. The van der Waals surface area contributed by atoms with E-state index >= 15 is 0 Å². The van der Waals surface area contributed by atoms with Gasteiger partial charge in [-0.05, 0) is 31.2 Å². The summed E-state index contributed by atoms with van der Waals surface area (Å²) in [5.74, 6) is 0.506. The van der Waals surface area contributed by atoms with Crippen molar-refractivity contribution in [1.29, 1.82) is 0 Å². The Bertz CT molecular complexity index is 713. The average molecular weight is 346 g/mol. The molecule has 0 saturated carbocycles. The third kappa shape index (κ3) is 4.23. The Morgan fingerprint density at radius 2 is 1.81 bits per heavy atom. The molecule has 1 heterocycles. The molecule has 2 aromatic rings. The number of pyridine rings is 1. The van der Waals surface area contributed by atoms with Crippen LogP contribution in [0.15, 0.2) is 36.5 Å². The van der Waals surface area contributed by atoms with Crippen molar-refractivity contribution in [3.8, 4) is 0 Å². The van der Waals surface area contributed by atoms with Gasteiger partial charge in [0.25, 0.3) is 0 Å². The topological polar surface area (TPSA) is 71.1 Å². The second-order valence-corrected chi connectivity index (χ2v) is 6.98. The number of halogens is 2. The first kappa shape index (κ1) is 15.9. The largest absolute Gasteiger partial charge is 0.338 e. The predicted octanol–water partition coefficient (Wildman–Crippen LogP) is 3.89. The van der Waals surface area contributed by atoms with E-state index in [-0.39, 0.29) is 5.75 Å². The van der Waals surface area contributed by atoms with Crippen LogP contribution in [0.1, 0.15) is 6.92 Å². The number of rotatable bonds is 5. The number of sulfonamides is 1. The monoisotopic (exact) mass is 345 g/mol. The lowest BCUT2D eigenvalue weighted by molar-refractivity contribution is 0.602. The second-order valence-electron chi connectivity index (χ2n) is 4.16. The van der Waals surface area contributed by atoms with E-state index in [0.29, 0.717) is 27.2 Å². The number of anilines is 3. The van der Waals surface area contributed by atoms with Crippen LogP contribution in [0, 0.1) is 0 Å². The maximum absolute atomic E-state index is 11.4. The Kier molecular flexibility index (Phi) is 4.92. The number of nitrogens with zero attached hydrogens (tertiary/aromatic N) is 1. The van der Waals surface area contributed by atoms with Crippen LogP contribution in [0.5, 0.6) is 0 Å². The smallest absolute Gasteiger partial charge is 0.232 e. The molecule has 2 rings (SSSR count). The number of hydrogen-bond acceptors (Lipinski definition) is 4. The van der Waals surface area contributed by atoms with Gasteiger partial charge in [0.2, 0.25) is 10.0 Å². The van der Waals surface area contributed by atoms with E-state index in [0.717, 1.165) is 0 Å². The molecule has 8 heteroatoms. The van der Waals surface area contributed by atoms with E-state index in [9.17, 15) is 8.42 Å². The Morgan fingerprint density at radius 3 is 2.33 bits per heavy atom. The molecule has 1 aromatic carbocycles. The number of benzene rings is 1. The SMILES string of the molecule is CCS(=O)(=O)Nc1ccc(Nc2c(Cl)cccc2Cl)nc1. The normalized spacial score (nSPS) is 11.2. The first-order valence-corrected chi connectivity index (χ1v) is 8.49. The molecule has 0 aliphatic rings. The molecule has 0 spiro atoms. The van der Waals surface area contributed by atoms with Crippen LogP contribution in [0.25, 0.3) is 0 Å². The fourth-order valence-electron chi connectivity index (χ4n) is 1.53. The molecule has 0 aliphatic heterocycles. The molecule has 0 bridgehead atoms. The molecule has 0 unspecified atom stereocenters. The molecule has 0 radical (unpaired) electrons. The van der Waals surface area contributed by atoms with Crippen molar-refractivity contribution >= 4 is 50.4 Å². The Balaban J connectivity index is 2.17. The molecule has 112 valence electrons. The van der Waals surface area contributed by atoms with E-state index in [1.807, 2.05) is 0 Å². The highest BCUT2D eigenvalue weighted by atomic mass is 35.5. The summed E-state index contributed by atoms with van der Waals surface area (Å²) in [5.41, 5.74) is 0.947. The summed E-state index contributed by atoms with van der Waals surface area (Å²) >= 11 is 12.1. The number of aromatic nitrogens is 1. The van der Waals surface area contributed by atoms with Crippen LogP contribution in [-0.2, 0) is 10.0 Å². The predicted molar refractivity (Wildman–Crippen MR) is 87.1 cm³/mol. The van der Waals surface area contributed by atoms with Crippen molar-refractivity contribution in [2.75, 3.05) is 15.8 Å². The van der Waals surface area contributed by atoms with Gasteiger partial charge in [0, 0.05) is 0 Å². The third-order valence-corrected chi connectivity index (χ3v) is 4.57. The second kappa shape index (κ2) is 6.51. The molecular formula is C13H13Cl2N3O2S. The summed E-state index contributed by atoms with van der Waals surface area (Å²) in [6, 6.07) is 8.39. The first-order chi connectivity index (χ1) is 9.91. The molecular weight excluding hydrogens is 333 g/mol. The minimum absolute atomic E-state index is 0.00221. The highest BCUT2D eigenvalue weighted by Crippen LogP contribution is 2.32. The van der Waals surface area contributed by atoms with Crippen LogP contribution in [0.3, 0.4) is 0 Å². The van der Waals surface area contributed by atoms with Gasteiger partial charge in [0.15, 0.2) is 0 Å². The maximum atomic E-state index is 11.4. The average Bonchev–Trinajstić information content (AvgIpc) is 2.45. The minimum Gasteiger partial charge on any atom is -0.338 e. The highest BCUT2D eigenvalue weighted by molar-refractivity contribution is 7.92. The zero-order valence-corrected chi connectivity index (χ0v) is 13.4. The fraction of sp³-hybridized carbons (Fsp3) is 0.154. The highest BCUT2D eigenvalue weighted by Gasteiger charge is 2.08. The molecule has 0 amide bonds. The zero-order chi connectivity index (χ0) is 15.5. The van der Waals surface area contributed by atoms with Crippen molar-refractivity contribution < 1.29 is 8.42 Å². The van der Waals surface area contributed by atoms with E-state index in [1.54, 1.807) is 37.3 Å². The summed E-state index contributed by atoms with van der Waals surface area (Å²) in [6.07, 6.45) is 1.42. The van der Waals surface area contributed by atoms with Crippen molar-refractivity contribution in [2.24, 2.45) is 0 Å². The van der Waals surface area contributed by atoms with Crippen LogP contribution < -0.4 is 10.0 Å². The Morgan fingerprint density at radius 1 is 1.14 bits per heavy atom. The van der Waals surface area contributed by atoms with Crippen molar-refractivity contribution in [1.82, 2.24) is 4.98 Å². The van der Waals surface area contributed by atoms with E-state index in [4.69, 9.17) is 23.2 Å². The number of hydrogen-bond donors (Lipinski definition) is 2. The zero-order valence-electron chi connectivity index (χ0n) is 11.1. The summed E-state index contributed by atoms with van der Waals surface area (Å²) in [6.45, 7) is 1.56. The maximum Gasteiger partial charge on any atom is 0.232 e. The van der Waals surface area contributed by atoms with E-state index in [1.165, 1.54) is 6.20 Å². The van der Waals surface area contributed by atoms with Gasteiger partial charge in [-0.1, -0.05) is 29.3 Å². The van der Waals surface area contributed by atoms with Crippen LogP contribution in [0.4, 0.5) is 17.2 Å². The van der Waals surface area contributed by atoms with Gasteiger partial charge >= 0.3 is 0 Å². The van der Waals surface area contributed by atoms with Crippen molar-refractivity contribution in [2.45, 2.75) is 6.92 Å². The summed E-state index contributed by atoms with van der Waals surface area (Å²) in [4.78, 5) is 4.12. The lowest BCUT2D eigenvalue weighted by atomic mass is 10.3. The molecule has 0 atom stereocenters. The van der Waals surface area contributed by atoms with Crippen molar-refractivity contribution in [3.63, 3.8) is 0 Å². The molecule has 21 heavy (non-hydrogen) atoms. The Hall–Kier alpha value is -1.50. The minimum atomic E-state index is -3.31. The van der Waals surface area contributed by atoms with Gasteiger partial charge in [-0.2, -0.15) is 0 Å². The van der Waals surface area contributed by atoms with Gasteiger partial charge < -0.3 is 5.32 Å². The molecule has 2 N–H and O–H groups in total. The lowest BCUT2D eigenvalue weighted by Gasteiger charge is -2.10. The molecule has 0 fully saturated rings. The quantitative estimate of drug-likeness (QED) is 0.862. The van der Waals surface area contributed by atoms with Gasteiger partial charge in [-0.15, -0.1) is 0 Å². The van der Waals surface area contributed by atoms with E-state index in [2.05, 4.69) is 15.0 Å². The Labute approximate surface area is 133 Å². The van der Waals surface area contributed by atoms with E-state index < -0.39 is 10.0 Å². The third-order valence-electron chi connectivity index (χ3n) is 2.63. The first-order valence-electron chi connectivity index (χ1n) is 6.09. The summed E-state index contributed by atoms with van der Waals surface area (Å²) < 4.78 is 25.3. The molecule has 0 saturated heterocycles.